The van der Waals surface area contributed by atoms with E-state index in [1.807, 2.05) is 12.1 Å². The first-order chi connectivity index (χ1) is 9.52. The first-order valence-corrected chi connectivity index (χ1v) is 7.75. The lowest BCUT2D eigenvalue weighted by Gasteiger charge is -2.35. The van der Waals surface area contributed by atoms with E-state index in [0.717, 1.165) is 17.4 Å². The second kappa shape index (κ2) is 6.68. The summed E-state index contributed by atoms with van der Waals surface area (Å²) in [6, 6.07) is 5.54. The van der Waals surface area contributed by atoms with E-state index in [-0.39, 0.29) is 11.9 Å². The third kappa shape index (κ3) is 3.39. The molecule has 0 bridgehead atoms. The van der Waals surface area contributed by atoms with Gasteiger partial charge >= 0.3 is 0 Å². The molecule has 0 amide bonds. The topological polar surface area (TPSA) is 38.0 Å². The molecule has 1 unspecified atom stereocenters. The van der Waals surface area contributed by atoms with Crippen LogP contribution in [0.3, 0.4) is 0 Å². The lowest BCUT2D eigenvalue weighted by atomic mass is 9.73. The van der Waals surface area contributed by atoms with Crippen molar-refractivity contribution in [2.24, 2.45) is 23.6 Å². The smallest absolute Gasteiger partial charge is 0.126 e. The fourth-order valence-electron chi connectivity index (χ4n) is 3.45. The average Bonchev–Trinajstić information content (AvgIpc) is 2.44. The fraction of sp³-hybridized carbons (Fsp3) is 0.647. The Balaban J connectivity index is 2.07. The van der Waals surface area contributed by atoms with Crippen molar-refractivity contribution in [2.45, 2.75) is 52.5 Å². The van der Waals surface area contributed by atoms with E-state index in [0.29, 0.717) is 11.5 Å². The lowest BCUT2D eigenvalue weighted by Crippen LogP contribution is -2.36. The first-order valence-electron chi connectivity index (χ1n) is 7.75. The van der Waals surface area contributed by atoms with Crippen LogP contribution < -0.4 is 11.3 Å². The summed E-state index contributed by atoms with van der Waals surface area (Å²) >= 11 is 0. The van der Waals surface area contributed by atoms with Crippen molar-refractivity contribution in [3.8, 4) is 0 Å². The van der Waals surface area contributed by atoms with Crippen LogP contribution in [0.4, 0.5) is 4.39 Å². The van der Waals surface area contributed by atoms with E-state index in [1.165, 1.54) is 25.7 Å². The minimum Gasteiger partial charge on any atom is -0.271 e. The highest BCUT2D eigenvalue weighted by molar-refractivity contribution is 5.26. The third-order valence-electron chi connectivity index (χ3n) is 4.97. The van der Waals surface area contributed by atoms with Gasteiger partial charge in [0.05, 0.1) is 0 Å². The Morgan fingerprint density at radius 1 is 1.15 bits per heavy atom. The minimum atomic E-state index is -0.140. The van der Waals surface area contributed by atoms with Crippen LogP contribution in [0.15, 0.2) is 18.2 Å². The fourth-order valence-corrected chi connectivity index (χ4v) is 3.45. The highest BCUT2D eigenvalue weighted by atomic mass is 19.1. The van der Waals surface area contributed by atoms with Gasteiger partial charge in [0, 0.05) is 6.04 Å². The van der Waals surface area contributed by atoms with Crippen LogP contribution in [-0.4, -0.2) is 0 Å². The van der Waals surface area contributed by atoms with Gasteiger partial charge in [0.2, 0.25) is 0 Å². The largest absolute Gasteiger partial charge is 0.271 e. The molecule has 1 saturated carbocycles. The molecule has 0 spiro atoms. The Morgan fingerprint density at radius 3 is 2.25 bits per heavy atom. The van der Waals surface area contributed by atoms with Crippen LogP contribution in [0.25, 0.3) is 0 Å². The Labute approximate surface area is 121 Å². The second-order valence-corrected chi connectivity index (χ2v) is 6.57. The number of hydrogen-bond acceptors (Lipinski definition) is 2. The van der Waals surface area contributed by atoms with Crippen LogP contribution in [0, 0.1) is 30.5 Å². The van der Waals surface area contributed by atoms with Crippen molar-refractivity contribution in [1.82, 2.24) is 5.43 Å². The number of aryl methyl sites for hydroxylation is 1. The second-order valence-electron chi connectivity index (χ2n) is 6.57. The molecule has 1 atom stereocenters. The van der Waals surface area contributed by atoms with E-state index < -0.39 is 0 Å². The highest BCUT2D eigenvalue weighted by Gasteiger charge is 2.29. The molecule has 0 radical (unpaired) electrons. The van der Waals surface area contributed by atoms with Gasteiger partial charge in [-0.3, -0.25) is 11.3 Å². The van der Waals surface area contributed by atoms with Crippen LogP contribution in [0.5, 0.6) is 0 Å². The van der Waals surface area contributed by atoms with Gasteiger partial charge in [-0.05, 0) is 67.6 Å². The zero-order chi connectivity index (χ0) is 14.7. The number of benzene rings is 1. The van der Waals surface area contributed by atoms with E-state index in [4.69, 9.17) is 5.84 Å². The van der Waals surface area contributed by atoms with Gasteiger partial charge in [0.15, 0.2) is 0 Å². The summed E-state index contributed by atoms with van der Waals surface area (Å²) in [6.07, 6.45) is 4.87. The zero-order valence-electron chi connectivity index (χ0n) is 12.8. The van der Waals surface area contributed by atoms with Crippen LogP contribution >= 0.6 is 0 Å². The van der Waals surface area contributed by atoms with E-state index in [9.17, 15) is 4.39 Å². The molecular weight excluding hydrogens is 251 g/mol. The molecule has 0 saturated heterocycles. The first kappa shape index (κ1) is 15.5. The summed E-state index contributed by atoms with van der Waals surface area (Å²) in [5, 5.41) is 0. The number of hydrazine groups is 1. The van der Waals surface area contributed by atoms with Crippen molar-refractivity contribution in [3.63, 3.8) is 0 Å². The number of nitrogens with one attached hydrogen (secondary N) is 1. The standard InChI is InChI=1S/C17H27FN2/c1-11(2)13-6-8-14(9-7-13)17(20-19)15-5-4-12(3)16(18)10-15/h4-5,10-11,13-14,17,20H,6-9,19H2,1-3H3. The van der Waals surface area contributed by atoms with Gasteiger partial charge in [-0.25, -0.2) is 4.39 Å². The van der Waals surface area contributed by atoms with Crippen molar-refractivity contribution in [2.75, 3.05) is 0 Å². The van der Waals surface area contributed by atoms with Crippen molar-refractivity contribution < 1.29 is 4.39 Å². The molecule has 1 aromatic carbocycles. The number of hydrogen-bond donors (Lipinski definition) is 2. The van der Waals surface area contributed by atoms with Gasteiger partial charge in [-0.1, -0.05) is 26.0 Å². The molecule has 2 nitrogen and oxygen atoms in total. The molecule has 1 aliphatic carbocycles. The number of nitrogens with two attached hydrogens (primary N) is 1. The molecule has 0 aliphatic heterocycles. The van der Waals surface area contributed by atoms with Crippen LogP contribution in [-0.2, 0) is 0 Å². The Kier molecular flexibility index (Phi) is 5.17. The van der Waals surface area contributed by atoms with Crippen LogP contribution in [0.1, 0.15) is 56.7 Å². The van der Waals surface area contributed by atoms with Gasteiger partial charge < -0.3 is 0 Å². The van der Waals surface area contributed by atoms with Gasteiger partial charge in [-0.15, -0.1) is 0 Å². The Bertz CT molecular complexity index is 437. The molecule has 3 N–H and O–H groups in total. The third-order valence-corrected chi connectivity index (χ3v) is 4.97. The SMILES string of the molecule is Cc1ccc(C(NN)C2CCC(C(C)C)CC2)cc1F. The molecule has 1 aromatic rings. The summed E-state index contributed by atoms with van der Waals surface area (Å²) in [5.41, 5.74) is 4.58. The molecule has 3 heteroatoms. The summed E-state index contributed by atoms with van der Waals surface area (Å²) in [4.78, 5) is 0. The van der Waals surface area contributed by atoms with E-state index in [1.54, 1.807) is 13.0 Å². The summed E-state index contributed by atoms with van der Waals surface area (Å²) in [7, 11) is 0. The molecule has 1 fully saturated rings. The maximum absolute atomic E-state index is 13.7. The number of rotatable bonds is 4. The zero-order valence-corrected chi connectivity index (χ0v) is 12.8. The van der Waals surface area contributed by atoms with Crippen molar-refractivity contribution >= 4 is 0 Å². The van der Waals surface area contributed by atoms with Crippen LogP contribution in [0.2, 0.25) is 0 Å². The average molecular weight is 278 g/mol. The maximum atomic E-state index is 13.7. The van der Waals surface area contributed by atoms with Crippen molar-refractivity contribution in [1.29, 1.82) is 0 Å². The van der Waals surface area contributed by atoms with E-state index >= 15 is 0 Å². The molecule has 20 heavy (non-hydrogen) atoms. The highest BCUT2D eigenvalue weighted by Crippen LogP contribution is 2.39. The maximum Gasteiger partial charge on any atom is 0.126 e. The van der Waals surface area contributed by atoms with Gasteiger partial charge in [-0.2, -0.15) is 0 Å². The summed E-state index contributed by atoms with van der Waals surface area (Å²) in [5.74, 6) is 7.71. The molecule has 112 valence electrons. The van der Waals surface area contributed by atoms with E-state index in [2.05, 4.69) is 19.3 Å². The molecule has 1 aliphatic rings. The summed E-state index contributed by atoms with van der Waals surface area (Å²) in [6.45, 7) is 6.40. The lowest BCUT2D eigenvalue weighted by molar-refractivity contribution is 0.189. The monoisotopic (exact) mass is 278 g/mol. The quantitative estimate of drug-likeness (QED) is 0.643. The van der Waals surface area contributed by atoms with Gasteiger partial charge in [0.1, 0.15) is 5.82 Å². The number of halogens is 1. The normalized spacial score (nSPS) is 24.9. The predicted octanol–water partition coefficient (Wildman–Crippen LogP) is 4.10. The Morgan fingerprint density at radius 2 is 1.75 bits per heavy atom. The predicted molar refractivity (Wildman–Crippen MR) is 81.5 cm³/mol. The molecule has 0 heterocycles. The minimum absolute atomic E-state index is 0.0678. The summed E-state index contributed by atoms with van der Waals surface area (Å²) < 4.78 is 13.7. The van der Waals surface area contributed by atoms with Crippen molar-refractivity contribution in [3.05, 3.63) is 35.1 Å². The molecule has 0 aromatic heterocycles. The molecule has 2 rings (SSSR count). The van der Waals surface area contributed by atoms with Gasteiger partial charge in [0.25, 0.3) is 0 Å². The molecular formula is C17H27FN2. The Hall–Kier alpha value is -0.930.